The summed E-state index contributed by atoms with van der Waals surface area (Å²) < 4.78 is 0.538. The van der Waals surface area contributed by atoms with Crippen LogP contribution < -0.4 is 40.2 Å². The van der Waals surface area contributed by atoms with Crippen LogP contribution in [0.15, 0.2) is 0 Å². The van der Waals surface area contributed by atoms with Crippen LogP contribution in [0.25, 0.3) is 0 Å². The molecule has 8 heteroatoms. The molecule has 5 nitrogen and oxygen atoms in total. The molecule has 0 bridgehead atoms. The molecular weight excluding hydrogens is 207 g/mol. The predicted molar refractivity (Wildman–Crippen MR) is 45.4 cm³/mol. The minimum absolute atomic E-state index is 0. The number of anilines is 1. The number of H-pyrrole nitrogens is 1. The zero-order valence-electron chi connectivity index (χ0n) is 6.67. The van der Waals surface area contributed by atoms with Crippen LogP contribution in [0.2, 0.25) is 0 Å². The Kier molecular flexibility index (Phi) is 5.68. The van der Waals surface area contributed by atoms with Crippen molar-refractivity contribution in [3.8, 4) is 0 Å². The van der Waals surface area contributed by atoms with Gasteiger partial charge in [0.05, 0.1) is 0 Å². The van der Waals surface area contributed by atoms with Gasteiger partial charge in [-0.2, -0.15) is 0 Å². The van der Waals surface area contributed by atoms with Crippen molar-refractivity contribution in [1.29, 1.82) is 0 Å². The second-order valence-corrected chi connectivity index (χ2v) is 3.29. The Morgan fingerprint density at radius 1 is 1.75 bits per heavy atom. The minimum atomic E-state index is -0.303. The summed E-state index contributed by atoms with van der Waals surface area (Å²) in [4.78, 5) is 10.7. The number of hydrogen-bond acceptors (Lipinski definition) is 4. The van der Waals surface area contributed by atoms with E-state index < -0.39 is 0 Å². The minimum Gasteiger partial charge on any atom is -0.341 e. The van der Waals surface area contributed by atoms with Gasteiger partial charge >= 0.3 is 35.6 Å². The Morgan fingerprint density at radius 3 is 2.83 bits per heavy atom. The van der Waals surface area contributed by atoms with Crippen molar-refractivity contribution in [2.24, 2.45) is 0 Å². The van der Waals surface area contributed by atoms with Gasteiger partial charge in [-0.25, -0.2) is 4.79 Å². The Bertz CT molecular complexity index is 308. The maximum absolute atomic E-state index is 10.7. The van der Waals surface area contributed by atoms with Crippen LogP contribution in [0, 0.1) is 3.95 Å². The summed E-state index contributed by atoms with van der Waals surface area (Å²) in [6.07, 6.45) is 0. The molecule has 0 spiro atoms. The Labute approximate surface area is 100 Å². The van der Waals surface area contributed by atoms with E-state index in [2.05, 4.69) is 20.8 Å². The first-order valence-corrected chi connectivity index (χ1v) is 3.99. The van der Waals surface area contributed by atoms with Crippen LogP contribution >= 0.6 is 23.6 Å². The maximum Gasteiger partial charge on any atom is 1.00 e. The summed E-state index contributed by atoms with van der Waals surface area (Å²) in [5, 5.41) is 11.6. The molecular formula is C4H6N4NaOS2+. The number of carbonyl (C=O) groups excluding carboxylic acids is 1. The molecule has 0 unspecified atom stereocenters. The van der Waals surface area contributed by atoms with Gasteiger partial charge < -0.3 is 5.32 Å². The molecule has 1 aromatic rings. The third-order valence-corrected chi connectivity index (χ3v) is 1.89. The van der Waals surface area contributed by atoms with Gasteiger partial charge in [-0.15, -0.1) is 5.10 Å². The molecule has 0 saturated carbocycles. The summed E-state index contributed by atoms with van der Waals surface area (Å²) in [5.41, 5.74) is 0. The first kappa shape index (κ1) is 12.0. The van der Waals surface area contributed by atoms with Crippen LogP contribution in [0.3, 0.4) is 0 Å². The molecule has 0 aliphatic rings. The normalized spacial score (nSPS) is 8.42. The number of amides is 2. The third kappa shape index (κ3) is 3.63. The molecule has 0 radical (unpaired) electrons. The Hall–Kier alpha value is 0.0500. The molecule has 0 fully saturated rings. The summed E-state index contributed by atoms with van der Waals surface area (Å²) >= 11 is 5.96. The van der Waals surface area contributed by atoms with E-state index in [1.807, 2.05) is 0 Å². The van der Waals surface area contributed by atoms with E-state index in [0.717, 1.165) is 0 Å². The first-order valence-electron chi connectivity index (χ1n) is 2.76. The molecule has 0 aromatic carbocycles. The van der Waals surface area contributed by atoms with Crippen LogP contribution in [0.5, 0.6) is 0 Å². The van der Waals surface area contributed by atoms with E-state index in [4.69, 9.17) is 12.2 Å². The van der Waals surface area contributed by atoms with Crippen LogP contribution in [0.4, 0.5) is 9.93 Å². The molecule has 0 saturated heterocycles. The van der Waals surface area contributed by atoms with E-state index in [-0.39, 0.29) is 35.6 Å². The van der Waals surface area contributed by atoms with E-state index in [1.165, 1.54) is 18.4 Å². The van der Waals surface area contributed by atoms with Crippen molar-refractivity contribution in [2.75, 3.05) is 12.4 Å². The zero-order chi connectivity index (χ0) is 8.27. The number of urea groups is 1. The number of rotatable bonds is 1. The van der Waals surface area contributed by atoms with Gasteiger partial charge in [0, 0.05) is 7.05 Å². The second-order valence-electron chi connectivity index (χ2n) is 1.62. The first-order chi connectivity index (χ1) is 5.22. The maximum atomic E-state index is 10.7. The van der Waals surface area contributed by atoms with Crippen molar-refractivity contribution in [3.05, 3.63) is 3.95 Å². The molecule has 0 aliphatic heterocycles. The third-order valence-electron chi connectivity index (χ3n) is 0.886. The van der Waals surface area contributed by atoms with E-state index in [9.17, 15) is 4.79 Å². The number of aromatic nitrogens is 2. The number of aromatic amines is 1. The van der Waals surface area contributed by atoms with Crippen LogP contribution in [-0.4, -0.2) is 23.3 Å². The van der Waals surface area contributed by atoms with E-state index in [0.29, 0.717) is 9.09 Å². The van der Waals surface area contributed by atoms with Gasteiger partial charge in [-0.1, -0.05) is 11.3 Å². The number of nitrogens with zero attached hydrogens (tertiary/aromatic N) is 1. The van der Waals surface area contributed by atoms with Crippen molar-refractivity contribution >= 4 is 34.7 Å². The summed E-state index contributed by atoms with van der Waals surface area (Å²) in [6, 6.07) is -0.303. The van der Waals surface area contributed by atoms with Gasteiger partial charge in [0.2, 0.25) is 5.13 Å². The predicted octanol–water partition coefficient (Wildman–Crippen LogP) is -2.04. The van der Waals surface area contributed by atoms with Crippen molar-refractivity contribution in [1.82, 2.24) is 15.5 Å². The Morgan fingerprint density at radius 2 is 2.42 bits per heavy atom. The molecule has 0 atom stereocenters. The number of hydrogen-bond donors (Lipinski definition) is 3. The SMILES string of the molecule is CNC(=O)Nc1n[nH]c(=S)s1.[Na+]. The molecule has 1 rings (SSSR count). The molecule has 2 amide bonds. The average Bonchev–Trinajstić information content (AvgIpc) is 2.35. The van der Waals surface area contributed by atoms with Gasteiger partial charge in [-0.05, 0) is 12.2 Å². The van der Waals surface area contributed by atoms with Crippen LogP contribution in [0.1, 0.15) is 0 Å². The summed E-state index contributed by atoms with van der Waals surface area (Å²) in [7, 11) is 1.53. The van der Waals surface area contributed by atoms with E-state index >= 15 is 0 Å². The zero-order valence-corrected chi connectivity index (χ0v) is 10.3. The van der Waals surface area contributed by atoms with Gasteiger partial charge in [-0.3, -0.25) is 10.4 Å². The summed E-state index contributed by atoms with van der Waals surface area (Å²) in [6.45, 7) is 0. The second kappa shape index (κ2) is 5.65. The summed E-state index contributed by atoms with van der Waals surface area (Å²) in [5.74, 6) is 0. The average molecular weight is 213 g/mol. The molecule has 0 aliphatic carbocycles. The number of carbonyl (C=O) groups is 1. The Balaban J connectivity index is 0.00000121. The quantitative estimate of drug-likeness (QED) is 0.372. The van der Waals surface area contributed by atoms with Gasteiger partial charge in [0.1, 0.15) is 0 Å². The fraction of sp³-hybridized carbons (Fsp3) is 0.250. The van der Waals surface area contributed by atoms with E-state index in [1.54, 1.807) is 0 Å². The molecule has 3 N–H and O–H groups in total. The van der Waals surface area contributed by atoms with Gasteiger partial charge in [0.15, 0.2) is 3.95 Å². The van der Waals surface area contributed by atoms with Gasteiger partial charge in [0.25, 0.3) is 0 Å². The standard InChI is InChI=1S/C4H6N4OS2.Na/c1-5-2(9)6-3-7-8-4(10)11-3;/h1H3,(H,8,10)(H2,5,6,7,9);/q;+1. The topological polar surface area (TPSA) is 69.8 Å². The molecule has 1 heterocycles. The largest absolute Gasteiger partial charge is 1.00 e. The van der Waals surface area contributed by atoms with Crippen LogP contribution in [-0.2, 0) is 0 Å². The van der Waals surface area contributed by atoms with Crippen molar-refractivity contribution in [3.63, 3.8) is 0 Å². The van der Waals surface area contributed by atoms with Crippen molar-refractivity contribution < 1.29 is 34.4 Å². The smallest absolute Gasteiger partial charge is 0.341 e. The molecule has 1 aromatic heterocycles. The molecule has 12 heavy (non-hydrogen) atoms. The monoisotopic (exact) mass is 213 g/mol. The fourth-order valence-electron chi connectivity index (χ4n) is 0.443. The molecule has 60 valence electrons. The fourth-order valence-corrected chi connectivity index (χ4v) is 1.23. The number of nitrogens with one attached hydrogen (secondary N) is 3. The van der Waals surface area contributed by atoms with Crippen molar-refractivity contribution in [2.45, 2.75) is 0 Å².